The number of thioether (sulfide) groups is 1. The van der Waals surface area contributed by atoms with Gasteiger partial charge in [-0.1, -0.05) is 6.58 Å². The quantitative estimate of drug-likeness (QED) is 0.319. The largest absolute Gasteiger partial charge is 0.504 e. The first-order valence-corrected chi connectivity index (χ1v) is 16.8. The molecule has 5 N–H and O–H groups in total. The van der Waals surface area contributed by atoms with E-state index in [2.05, 4.69) is 35.4 Å². The van der Waals surface area contributed by atoms with E-state index in [-0.39, 0.29) is 30.6 Å². The Morgan fingerprint density at radius 2 is 1.94 bits per heavy atom. The van der Waals surface area contributed by atoms with Gasteiger partial charge in [0.15, 0.2) is 28.5 Å². The summed E-state index contributed by atoms with van der Waals surface area (Å²) in [6.07, 6.45) is 0.418. The van der Waals surface area contributed by atoms with Gasteiger partial charge >= 0.3 is 11.9 Å². The minimum atomic E-state index is -1.73. The average molecular weight is 676 g/mol. The Morgan fingerprint density at radius 1 is 1.21 bits per heavy atom. The van der Waals surface area contributed by atoms with Crippen LogP contribution in [-0.2, 0) is 19.9 Å². The molecule has 2 unspecified atom stereocenters. The summed E-state index contributed by atoms with van der Waals surface area (Å²) in [6, 6.07) is 3.03. The Morgan fingerprint density at radius 3 is 2.60 bits per heavy atom. The molecule has 0 saturated carbocycles. The highest BCUT2D eigenvalue weighted by Crippen LogP contribution is 2.71. The van der Waals surface area contributed by atoms with Crippen LogP contribution >= 0.6 is 11.8 Å². The SMILES string of the molecule is C=C(N)[C@]1(N)CS[C@@H]2c3c(OC(C)=O)c(C)c4c(c3[C@H](COC1=O)N1[C@@H]2[C@H]2c3c(cc(C)c(OC)c3O)C3(C)CC1(C#N)CN23)OCO4. The number of piperazine rings is 1. The molecule has 2 aromatic rings. The zero-order chi connectivity index (χ0) is 34.2. The highest BCUT2D eigenvalue weighted by molar-refractivity contribution is 7.99. The molecule has 13 nitrogen and oxygen atoms in total. The smallest absolute Gasteiger partial charge is 0.333 e. The molecule has 0 amide bonds. The van der Waals surface area contributed by atoms with Gasteiger partial charge in [-0.25, -0.2) is 4.79 Å². The molecule has 7 aliphatic heterocycles. The van der Waals surface area contributed by atoms with Gasteiger partial charge in [0, 0.05) is 65.2 Å². The van der Waals surface area contributed by atoms with E-state index in [4.69, 9.17) is 35.2 Å². The van der Waals surface area contributed by atoms with Gasteiger partial charge in [0.2, 0.25) is 6.79 Å². The van der Waals surface area contributed by atoms with Crippen LogP contribution in [0.3, 0.4) is 0 Å². The lowest BCUT2D eigenvalue weighted by Crippen LogP contribution is -2.67. The molecule has 9 rings (SSSR count). The number of esters is 2. The third-order valence-corrected chi connectivity index (χ3v) is 12.8. The molecule has 14 heteroatoms. The van der Waals surface area contributed by atoms with Gasteiger partial charge in [-0.2, -0.15) is 5.26 Å². The number of methoxy groups -OCH3 is 1. The van der Waals surface area contributed by atoms with Gasteiger partial charge < -0.3 is 40.3 Å². The van der Waals surface area contributed by atoms with Gasteiger partial charge in [-0.05, 0) is 38.0 Å². The van der Waals surface area contributed by atoms with E-state index in [0.717, 1.165) is 16.7 Å². The maximum Gasteiger partial charge on any atom is 0.333 e. The number of ether oxygens (including phenoxy) is 5. The Kier molecular flexibility index (Phi) is 6.45. The molecule has 0 aromatic heterocycles. The first-order chi connectivity index (χ1) is 22.7. The number of carbonyl (C=O) groups is 2. The van der Waals surface area contributed by atoms with Crippen molar-refractivity contribution in [1.29, 1.82) is 5.26 Å². The summed E-state index contributed by atoms with van der Waals surface area (Å²) in [5.41, 5.74) is 13.7. The van der Waals surface area contributed by atoms with Crippen LogP contribution in [0.5, 0.6) is 28.7 Å². The molecule has 7 atom stereocenters. The number of hydrogen-bond donors (Lipinski definition) is 3. The molecule has 0 radical (unpaired) electrons. The van der Waals surface area contributed by atoms with Crippen LogP contribution in [0.25, 0.3) is 0 Å². The summed E-state index contributed by atoms with van der Waals surface area (Å²) in [7, 11) is 1.53. The number of phenols is 1. The van der Waals surface area contributed by atoms with Gasteiger partial charge in [0.1, 0.15) is 17.9 Å². The lowest BCUT2D eigenvalue weighted by molar-refractivity contribution is -0.153. The third kappa shape index (κ3) is 3.62. The van der Waals surface area contributed by atoms with E-state index in [1.807, 2.05) is 13.8 Å². The van der Waals surface area contributed by atoms with Crippen molar-refractivity contribution in [3.63, 3.8) is 0 Å². The molecular weight excluding hydrogens is 638 g/mol. The van der Waals surface area contributed by atoms with Crippen LogP contribution in [0.4, 0.5) is 0 Å². The van der Waals surface area contributed by atoms with E-state index in [0.29, 0.717) is 52.7 Å². The van der Waals surface area contributed by atoms with Crippen molar-refractivity contribution in [3.8, 4) is 34.8 Å². The van der Waals surface area contributed by atoms with Crippen LogP contribution in [-0.4, -0.2) is 76.8 Å². The number of nitrogens with zero attached hydrogens (tertiary/aromatic N) is 3. The predicted octanol–water partition coefficient (Wildman–Crippen LogP) is 2.85. The van der Waals surface area contributed by atoms with E-state index in [1.54, 1.807) is 0 Å². The molecule has 7 aliphatic rings. The second-order valence-electron chi connectivity index (χ2n) is 13.9. The monoisotopic (exact) mass is 675 g/mol. The van der Waals surface area contributed by atoms with E-state index >= 15 is 0 Å². The minimum absolute atomic E-state index is 0.0348. The summed E-state index contributed by atoms with van der Waals surface area (Å²) >= 11 is 1.35. The molecule has 0 spiro atoms. The first-order valence-electron chi connectivity index (χ1n) is 15.8. The lowest BCUT2D eigenvalue weighted by atomic mass is 9.72. The average Bonchev–Trinajstić information content (AvgIpc) is 3.69. The van der Waals surface area contributed by atoms with Crippen molar-refractivity contribution >= 4 is 23.7 Å². The normalized spacial score (nSPS) is 34.1. The van der Waals surface area contributed by atoms with Crippen LogP contribution in [0.1, 0.15) is 71.0 Å². The second kappa shape index (κ2) is 9.94. The fourth-order valence-electron chi connectivity index (χ4n) is 9.35. The number of nitrogens with two attached hydrogens (primary N) is 2. The van der Waals surface area contributed by atoms with Gasteiger partial charge in [-0.15, -0.1) is 11.8 Å². The Hall–Kier alpha value is -4.16. The minimum Gasteiger partial charge on any atom is -0.504 e. The number of nitriles is 1. The van der Waals surface area contributed by atoms with Crippen molar-refractivity contribution < 1.29 is 38.4 Å². The van der Waals surface area contributed by atoms with Crippen molar-refractivity contribution in [3.05, 3.63) is 51.7 Å². The number of hydrogen-bond acceptors (Lipinski definition) is 14. The molecule has 48 heavy (non-hydrogen) atoms. The third-order valence-electron chi connectivity index (χ3n) is 11.3. The number of aromatic hydroxyl groups is 1. The molecule has 3 fully saturated rings. The molecule has 4 bridgehead atoms. The molecule has 0 aliphatic carbocycles. The summed E-state index contributed by atoms with van der Waals surface area (Å²) in [6.45, 7) is 11.1. The van der Waals surface area contributed by atoms with Crippen LogP contribution < -0.4 is 30.4 Å². The zero-order valence-corrected chi connectivity index (χ0v) is 28.2. The van der Waals surface area contributed by atoms with E-state index < -0.39 is 51.9 Å². The van der Waals surface area contributed by atoms with Gasteiger partial charge in [0.05, 0.1) is 30.5 Å². The summed E-state index contributed by atoms with van der Waals surface area (Å²) in [5.74, 6) is 0.335. The number of benzene rings is 2. The van der Waals surface area contributed by atoms with E-state index in [1.165, 1.54) is 25.8 Å². The van der Waals surface area contributed by atoms with Gasteiger partial charge in [0.25, 0.3) is 0 Å². The molecular formula is C34H37N5O8S. The molecule has 252 valence electrons. The Balaban J connectivity index is 1.48. The summed E-state index contributed by atoms with van der Waals surface area (Å²) < 4.78 is 29.8. The number of carbonyl (C=O) groups excluding carboxylic acids is 2. The molecule has 3 saturated heterocycles. The van der Waals surface area contributed by atoms with Crippen molar-refractivity contribution in [1.82, 2.24) is 9.80 Å². The fraction of sp³-hybridized carbons (Fsp3) is 0.500. The Labute approximate surface area is 281 Å². The van der Waals surface area contributed by atoms with E-state index in [9.17, 15) is 20.0 Å². The van der Waals surface area contributed by atoms with Crippen LogP contribution in [0.2, 0.25) is 0 Å². The fourth-order valence-corrected chi connectivity index (χ4v) is 11.0. The van der Waals surface area contributed by atoms with Crippen molar-refractivity contribution in [2.24, 2.45) is 11.5 Å². The predicted molar refractivity (Wildman–Crippen MR) is 173 cm³/mol. The number of phenolic OH excluding ortho intramolecular Hbond substituents is 1. The van der Waals surface area contributed by atoms with Gasteiger partial charge in [-0.3, -0.25) is 14.6 Å². The van der Waals surface area contributed by atoms with Crippen molar-refractivity contribution in [2.75, 3.05) is 32.8 Å². The zero-order valence-electron chi connectivity index (χ0n) is 27.3. The highest BCUT2D eigenvalue weighted by Gasteiger charge is 2.72. The highest BCUT2D eigenvalue weighted by atomic mass is 32.2. The topological polar surface area (TPSA) is 183 Å². The number of fused-ring (bicyclic) bond motifs is 10. The molecule has 7 heterocycles. The number of aryl methyl sites for hydroxylation is 1. The summed E-state index contributed by atoms with van der Waals surface area (Å²) in [4.78, 5) is 30.9. The standard InChI is InChI=1S/C34H37N5O8S/c1-14-7-18-20(25(41)26(14)43-6)23-24-30-22-21(29-28(45-13-46-29)15(2)27(22)47-17(4)40)19(8-44-31(42)34(37,12-48-30)16(3)36)39(24)33(10-35)9-32(18,5)38(23)11-33/h7,19,23-24,30,41H,3,8-9,11-13,36-37H2,1-2,4-6H3/t19-,23+,24+,30+,32?,33?,34+/m0/s1. The van der Waals surface area contributed by atoms with Crippen LogP contribution in [0.15, 0.2) is 18.3 Å². The van der Waals surface area contributed by atoms with Crippen LogP contribution in [0, 0.1) is 25.2 Å². The maximum atomic E-state index is 13.7. The number of rotatable bonds is 3. The lowest BCUT2D eigenvalue weighted by Gasteiger charge is -2.58. The maximum absolute atomic E-state index is 13.7. The second-order valence-corrected chi connectivity index (χ2v) is 15.0. The van der Waals surface area contributed by atoms with Crippen molar-refractivity contribution in [2.45, 2.75) is 74.1 Å². The Bertz CT molecular complexity index is 1910. The molecule has 2 aromatic carbocycles. The summed E-state index contributed by atoms with van der Waals surface area (Å²) in [5, 5.41) is 22.6. The first kappa shape index (κ1) is 31.1.